The van der Waals surface area contributed by atoms with Crippen LogP contribution in [-0.2, 0) is 13.1 Å². The van der Waals surface area contributed by atoms with E-state index < -0.39 is 0 Å². The van der Waals surface area contributed by atoms with Gasteiger partial charge in [0.15, 0.2) is 0 Å². The van der Waals surface area contributed by atoms with E-state index in [0.717, 1.165) is 47.4 Å². The van der Waals surface area contributed by atoms with E-state index in [1.54, 1.807) is 0 Å². The second kappa shape index (κ2) is 9.05. The third-order valence-corrected chi connectivity index (χ3v) is 4.94. The molecule has 0 aliphatic heterocycles. The summed E-state index contributed by atoms with van der Waals surface area (Å²) in [5, 5.41) is 0. The molecule has 4 nitrogen and oxygen atoms in total. The van der Waals surface area contributed by atoms with Crippen molar-refractivity contribution in [2.45, 2.75) is 53.6 Å². The predicted octanol–water partition coefficient (Wildman–Crippen LogP) is 5.44. The molecule has 1 heterocycles. The maximum absolute atomic E-state index is 13.3. The molecule has 28 heavy (non-hydrogen) atoms. The van der Waals surface area contributed by atoms with Crippen LogP contribution in [0.5, 0.6) is 0 Å². The first-order valence-corrected chi connectivity index (χ1v) is 10.3. The molecule has 0 saturated heterocycles. The Morgan fingerprint density at radius 3 is 2.64 bits per heavy atom. The Labute approximate surface area is 168 Å². The Morgan fingerprint density at radius 2 is 1.93 bits per heavy atom. The molecule has 0 N–H and O–H groups in total. The van der Waals surface area contributed by atoms with Crippen molar-refractivity contribution < 1.29 is 4.79 Å². The first-order valence-electron chi connectivity index (χ1n) is 10.3. The van der Waals surface area contributed by atoms with Crippen LogP contribution >= 0.6 is 0 Å². The van der Waals surface area contributed by atoms with Crippen molar-refractivity contribution in [3.05, 3.63) is 65.5 Å². The smallest absolute Gasteiger partial charge is 0.254 e. The number of amides is 1. The van der Waals surface area contributed by atoms with E-state index in [9.17, 15) is 4.79 Å². The fourth-order valence-electron chi connectivity index (χ4n) is 3.60. The topological polar surface area (TPSA) is 38.1 Å². The van der Waals surface area contributed by atoms with Gasteiger partial charge in [0.05, 0.1) is 17.6 Å². The highest BCUT2D eigenvalue weighted by Gasteiger charge is 2.21. The molecule has 0 aliphatic carbocycles. The summed E-state index contributed by atoms with van der Waals surface area (Å²) in [4.78, 5) is 20.1. The highest BCUT2D eigenvalue weighted by Crippen LogP contribution is 2.20. The fraction of sp³-hybridized carbons (Fsp3) is 0.417. The minimum atomic E-state index is 0.0755. The van der Waals surface area contributed by atoms with Crippen molar-refractivity contribution in [2.75, 3.05) is 6.54 Å². The van der Waals surface area contributed by atoms with Gasteiger partial charge in [-0.1, -0.05) is 57.0 Å². The Hall–Kier alpha value is -2.62. The largest absolute Gasteiger partial charge is 0.331 e. The first-order chi connectivity index (χ1) is 13.5. The zero-order valence-electron chi connectivity index (χ0n) is 17.5. The number of unbranched alkanes of at least 4 members (excludes halogenated alkanes) is 1. The normalized spacial score (nSPS) is 11.3. The zero-order chi connectivity index (χ0) is 20.1. The van der Waals surface area contributed by atoms with E-state index in [4.69, 9.17) is 4.98 Å². The molecular formula is C24H31N3O. The number of carbonyl (C=O) groups is 1. The maximum Gasteiger partial charge on any atom is 0.254 e. The lowest BCUT2D eigenvalue weighted by Crippen LogP contribution is -2.34. The summed E-state index contributed by atoms with van der Waals surface area (Å²) < 4.78 is 2.29. The molecule has 0 fully saturated rings. The Balaban J connectivity index is 1.95. The van der Waals surface area contributed by atoms with E-state index in [2.05, 4.69) is 43.5 Å². The lowest BCUT2D eigenvalue weighted by molar-refractivity contribution is 0.0716. The molecule has 1 amide bonds. The number of benzene rings is 2. The third-order valence-electron chi connectivity index (χ3n) is 4.94. The third kappa shape index (κ3) is 4.61. The van der Waals surface area contributed by atoms with Gasteiger partial charge in [0.2, 0.25) is 0 Å². The van der Waals surface area contributed by atoms with Gasteiger partial charge in [0.1, 0.15) is 5.82 Å². The minimum absolute atomic E-state index is 0.0755. The molecule has 148 valence electrons. The average molecular weight is 378 g/mol. The van der Waals surface area contributed by atoms with Crippen molar-refractivity contribution in [1.29, 1.82) is 0 Å². The van der Waals surface area contributed by atoms with Crippen LogP contribution in [0.4, 0.5) is 0 Å². The van der Waals surface area contributed by atoms with Crippen LogP contribution in [0.3, 0.4) is 0 Å². The molecule has 0 bridgehead atoms. The number of nitrogens with zero attached hydrogens (tertiary/aromatic N) is 3. The van der Waals surface area contributed by atoms with Crippen LogP contribution in [-0.4, -0.2) is 26.9 Å². The number of hydrogen-bond donors (Lipinski definition) is 0. The van der Waals surface area contributed by atoms with Crippen LogP contribution in [0.1, 0.15) is 55.4 Å². The van der Waals surface area contributed by atoms with Gasteiger partial charge in [-0.3, -0.25) is 4.79 Å². The van der Waals surface area contributed by atoms with Crippen molar-refractivity contribution in [1.82, 2.24) is 14.5 Å². The summed E-state index contributed by atoms with van der Waals surface area (Å²) in [6.45, 7) is 10.7. The van der Waals surface area contributed by atoms with Crippen LogP contribution < -0.4 is 0 Å². The molecule has 0 spiro atoms. The zero-order valence-corrected chi connectivity index (χ0v) is 17.5. The number of para-hydroxylation sites is 2. The van der Waals surface area contributed by atoms with E-state index >= 15 is 0 Å². The molecule has 3 rings (SSSR count). The summed E-state index contributed by atoms with van der Waals surface area (Å²) in [6, 6.07) is 16.1. The fourth-order valence-corrected chi connectivity index (χ4v) is 3.60. The number of carbonyl (C=O) groups excluding carboxylic acids is 1. The molecular weight excluding hydrogens is 346 g/mol. The van der Waals surface area contributed by atoms with Crippen molar-refractivity contribution in [2.24, 2.45) is 5.92 Å². The number of rotatable bonds is 8. The van der Waals surface area contributed by atoms with Gasteiger partial charge in [-0.25, -0.2) is 4.98 Å². The molecule has 2 aromatic carbocycles. The lowest BCUT2D eigenvalue weighted by Gasteiger charge is -2.25. The van der Waals surface area contributed by atoms with Crippen molar-refractivity contribution in [3.8, 4) is 0 Å². The highest BCUT2D eigenvalue weighted by atomic mass is 16.2. The summed E-state index contributed by atoms with van der Waals surface area (Å²) in [5.74, 6) is 1.44. The van der Waals surface area contributed by atoms with E-state index in [1.165, 1.54) is 0 Å². The molecule has 0 radical (unpaired) electrons. The molecule has 0 unspecified atom stereocenters. The second-order valence-electron chi connectivity index (χ2n) is 7.97. The molecule has 0 saturated carbocycles. The molecule has 0 aliphatic rings. The Morgan fingerprint density at radius 1 is 1.14 bits per heavy atom. The maximum atomic E-state index is 13.3. The minimum Gasteiger partial charge on any atom is -0.331 e. The molecule has 4 heteroatoms. The molecule has 0 atom stereocenters. The summed E-state index contributed by atoms with van der Waals surface area (Å²) in [5.41, 5.74) is 4.00. The number of imidazole rings is 1. The van der Waals surface area contributed by atoms with Crippen LogP contribution in [0.15, 0.2) is 48.5 Å². The summed E-state index contributed by atoms with van der Waals surface area (Å²) in [7, 11) is 0. The average Bonchev–Trinajstić information content (AvgIpc) is 3.02. The summed E-state index contributed by atoms with van der Waals surface area (Å²) in [6.07, 6.45) is 2.23. The standard InChI is InChI=1S/C24H31N3O/c1-5-6-14-27-22-13-8-7-12-21(22)25-23(27)17-26(16-18(2)3)24(28)20-11-9-10-19(4)15-20/h7-13,15,18H,5-6,14,16-17H2,1-4H3. The van der Waals surface area contributed by atoms with Crippen LogP contribution in [0.2, 0.25) is 0 Å². The van der Waals surface area contributed by atoms with Gasteiger partial charge in [0.25, 0.3) is 5.91 Å². The van der Waals surface area contributed by atoms with Gasteiger partial charge in [-0.05, 0) is 43.5 Å². The number of fused-ring (bicyclic) bond motifs is 1. The second-order valence-corrected chi connectivity index (χ2v) is 7.97. The lowest BCUT2D eigenvalue weighted by atomic mass is 10.1. The Kier molecular flexibility index (Phi) is 6.50. The number of aromatic nitrogens is 2. The van der Waals surface area contributed by atoms with Crippen molar-refractivity contribution in [3.63, 3.8) is 0 Å². The summed E-state index contributed by atoms with van der Waals surface area (Å²) >= 11 is 0. The van der Waals surface area contributed by atoms with E-state index in [-0.39, 0.29) is 5.91 Å². The highest BCUT2D eigenvalue weighted by molar-refractivity contribution is 5.94. The van der Waals surface area contributed by atoms with Gasteiger partial charge < -0.3 is 9.47 Å². The van der Waals surface area contributed by atoms with Gasteiger partial charge >= 0.3 is 0 Å². The Bertz CT molecular complexity index is 942. The van der Waals surface area contributed by atoms with Gasteiger partial charge in [0, 0.05) is 18.7 Å². The predicted molar refractivity (Wildman–Crippen MR) is 115 cm³/mol. The van der Waals surface area contributed by atoms with Crippen LogP contribution in [0, 0.1) is 12.8 Å². The number of hydrogen-bond acceptors (Lipinski definition) is 2. The van der Waals surface area contributed by atoms with Gasteiger partial charge in [-0.2, -0.15) is 0 Å². The molecule has 1 aromatic heterocycles. The number of aryl methyl sites for hydroxylation is 2. The quantitative estimate of drug-likeness (QED) is 0.524. The monoisotopic (exact) mass is 377 g/mol. The van der Waals surface area contributed by atoms with Gasteiger partial charge in [-0.15, -0.1) is 0 Å². The molecule has 3 aromatic rings. The van der Waals surface area contributed by atoms with Crippen molar-refractivity contribution >= 4 is 16.9 Å². The van der Waals surface area contributed by atoms with E-state index in [0.29, 0.717) is 19.0 Å². The first kappa shape index (κ1) is 20.1. The van der Waals surface area contributed by atoms with Crippen LogP contribution in [0.25, 0.3) is 11.0 Å². The SMILES string of the molecule is CCCCn1c(CN(CC(C)C)C(=O)c2cccc(C)c2)nc2ccccc21. The van der Waals surface area contributed by atoms with E-state index in [1.807, 2.05) is 42.2 Å².